The molecule has 0 radical (unpaired) electrons. The van der Waals surface area contributed by atoms with Crippen molar-refractivity contribution in [2.24, 2.45) is 10.2 Å². The number of ether oxygens (including phenoxy) is 6. The van der Waals surface area contributed by atoms with Crippen molar-refractivity contribution >= 4 is 35.8 Å². The standard InChI is InChI=1S/C54H54N2O10/c1-4-51(57)63-32-14-8-6-12-30-61-45-23-18-39(19-24-45)53(59)65-47-27-29-50(66-54(60)40-20-25-46(26-21-40)62-31-13-7-9-15-33-64-52(58)5-2)44(36-47)37-55-56-38(3)41-22-28-49-43(34-41)35-42-16-10-11-17-48(42)49/h4-5,10-11,16-29,34,36-37H,1-2,6-9,12-15,30-33,35H2,3H3/b55-37+,56-38+. The van der Waals surface area contributed by atoms with Crippen LogP contribution < -0.4 is 18.9 Å². The number of carbonyl (C=O) groups is 4. The summed E-state index contributed by atoms with van der Waals surface area (Å²) in [6.07, 6.45) is 11.4. The van der Waals surface area contributed by atoms with Crippen molar-refractivity contribution in [2.75, 3.05) is 26.4 Å². The van der Waals surface area contributed by atoms with E-state index in [9.17, 15) is 19.2 Å². The fourth-order valence-corrected chi connectivity index (χ4v) is 7.05. The Labute approximate surface area is 385 Å². The van der Waals surface area contributed by atoms with Gasteiger partial charge in [0.15, 0.2) is 0 Å². The monoisotopic (exact) mass is 890 g/mol. The molecule has 5 aromatic rings. The lowest BCUT2D eigenvalue weighted by atomic mass is 10.0. The molecule has 0 saturated carbocycles. The maximum Gasteiger partial charge on any atom is 0.343 e. The van der Waals surface area contributed by atoms with E-state index in [-0.39, 0.29) is 11.5 Å². The zero-order valence-corrected chi connectivity index (χ0v) is 37.2. The molecule has 0 N–H and O–H groups in total. The molecule has 0 spiro atoms. The number of hydrogen-bond acceptors (Lipinski definition) is 12. The second-order valence-corrected chi connectivity index (χ2v) is 15.4. The zero-order chi connectivity index (χ0) is 46.5. The Bertz CT molecular complexity index is 2540. The summed E-state index contributed by atoms with van der Waals surface area (Å²) in [5.74, 6) is -0.407. The highest BCUT2D eigenvalue weighted by Gasteiger charge is 2.19. The molecular formula is C54H54N2O10. The quantitative estimate of drug-likeness (QED) is 0.0136. The molecule has 0 fully saturated rings. The molecule has 12 heteroatoms. The van der Waals surface area contributed by atoms with E-state index in [0.717, 1.165) is 75.5 Å². The molecular weight excluding hydrogens is 837 g/mol. The number of rotatable bonds is 25. The number of esters is 4. The number of carbonyl (C=O) groups excluding carboxylic acids is 4. The van der Waals surface area contributed by atoms with Gasteiger partial charge in [-0.3, -0.25) is 0 Å². The van der Waals surface area contributed by atoms with Crippen LogP contribution in [0.5, 0.6) is 23.0 Å². The summed E-state index contributed by atoms with van der Waals surface area (Å²) in [6, 6.07) is 32.7. The van der Waals surface area contributed by atoms with Crippen molar-refractivity contribution in [1.29, 1.82) is 0 Å². The van der Waals surface area contributed by atoms with Crippen molar-refractivity contribution in [1.82, 2.24) is 0 Å². The van der Waals surface area contributed by atoms with Gasteiger partial charge in [0.1, 0.15) is 23.0 Å². The molecule has 0 atom stereocenters. The summed E-state index contributed by atoms with van der Waals surface area (Å²) in [5, 5.41) is 8.85. The fourth-order valence-electron chi connectivity index (χ4n) is 7.05. The molecule has 66 heavy (non-hydrogen) atoms. The molecule has 1 aliphatic rings. The van der Waals surface area contributed by atoms with E-state index >= 15 is 0 Å². The predicted molar refractivity (Wildman–Crippen MR) is 254 cm³/mol. The minimum Gasteiger partial charge on any atom is -0.494 e. The van der Waals surface area contributed by atoms with Crippen LogP contribution in [-0.2, 0) is 25.5 Å². The van der Waals surface area contributed by atoms with E-state index in [4.69, 9.17) is 28.4 Å². The van der Waals surface area contributed by atoms with Crippen molar-refractivity contribution in [3.63, 3.8) is 0 Å². The topological polar surface area (TPSA) is 148 Å². The van der Waals surface area contributed by atoms with Crippen LogP contribution in [0, 0.1) is 0 Å². The number of hydrogen-bond donors (Lipinski definition) is 0. The lowest BCUT2D eigenvalue weighted by molar-refractivity contribution is -0.138. The Balaban J connectivity index is 1.07. The summed E-state index contributed by atoms with van der Waals surface area (Å²) >= 11 is 0. The fraction of sp³-hybridized carbons (Fsp3) is 0.259. The van der Waals surface area contributed by atoms with Crippen LogP contribution in [0.4, 0.5) is 0 Å². The van der Waals surface area contributed by atoms with Crippen LogP contribution in [0.1, 0.15) is 101 Å². The van der Waals surface area contributed by atoms with Gasteiger partial charge < -0.3 is 28.4 Å². The summed E-state index contributed by atoms with van der Waals surface area (Å²) in [6.45, 7) is 10.4. The summed E-state index contributed by atoms with van der Waals surface area (Å²) in [7, 11) is 0. The molecule has 0 aliphatic heterocycles. The van der Waals surface area contributed by atoms with Crippen molar-refractivity contribution < 1.29 is 47.6 Å². The third-order valence-corrected chi connectivity index (χ3v) is 10.6. The van der Waals surface area contributed by atoms with Crippen LogP contribution in [0.2, 0.25) is 0 Å². The molecule has 0 bridgehead atoms. The van der Waals surface area contributed by atoms with Crippen LogP contribution in [-0.4, -0.2) is 62.2 Å². The van der Waals surface area contributed by atoms with Crippen LogP contribution in [0.3, 0.4) is 0 Å². The average Bonchev–Trinajstić information content (AvgIpc) is 3.72. The first-order chi connectivity index (χ1) is 32.2. The van der Waals surface area contributed by atoms with Gasteiger partial charge >= 0.3 is 23.9 Å². The van der Waals surface area contributed by atoms with Gasteiger partial charge in [-0.05, 0) is 165 Å². The van der Waals surface area contributed by atoms with Gasteiger partial charge in [-0.2, -0.15) is 10.2 Å². The van der Waals surface area contributed by atoms with Crippen LogP contribution in [0.25, 0.3) is 11.1 Å². The van der Waals surface area contributed by atoms with Crippen molar-refractivity contribution in [2.45, 2.75) is 64.7 Å². The summed E-state index contributed by atoms with van der Waals surface area (Å²) < 4.78 is 33.3. The van der Waals surface area contributed by atoms with Gasteiger partial charge in [-0.15, -0.1) is 0 Å². The first-order valence-corrected chi connectivity index (χ1v) is 22.1. The molecule has 5 aromatic carbocycles. The van der Waals surface area contributed by atoms with Gasteiger partial charge in [0.25, 0.3) is 0 Å². The Morgan fingerprint density at radius 2 is 1.06 bits per heavy atom. The van der Waals surface area contributed by atoms with Gasteiger partial charge in [-0.1, -0.05) is 49.6 Å². The average molecular weight is 891 g/mol. The smallest absolute Gasteiger partial charge is 0.343 e. The summed E-state index contributed by atoms with van der Waals surface area (Å²) in [5.41, 5.74) is 7.58. The minimum absolute atomic E-state index is 0.184. The molecule has 0 aromatic heterocycles. The van der Waals surface area contributed by atoms with Gasteiger partial charge in [0, 0.05) is 17.7 Å². The number of fused-ring (bicyclic) bond motifs is 3. The van der Waals surface area contributed by atoms with Crippen LogP contribution >= 0.6 is 0 Å². The second-order valence-electron chi connectivity index (χ2n) is 15.4. The SMILES string of the molecule is C=CC(=O)OCCCCCCOc1ccc(C(=O)Oc2ccc(OC(=O)c3ccc(OCCCCCCOC(=O)C=C)cc3)c(/C=N/N=C(\C)c3ccc4c(c3)Cc3ccccc3-4)c2)cc1. The second kappa shape index (κ2) is 25.0. The predicted octanol–water partition coefficient (Wildman–Crippen LogP) is 10.9. The minimum atomic E-state index is -0.606. The highest BCUT2D eigenvalue weighted by molar-refractivity contribution is 6.00. The molecule has 0 saturated heterocycles. The summed E-state index contributed by atoms with van der Waals surface area (Å²) in [4.78, 5) is 49.0. The van der Waals surface area contributed by atoms with E-state index < -0.39 is 23.9 Å². The highest BCUT2D eigenvalue weighted by Crippen LogP contribution is 2.37. The number of unbranched alkanes of at least 4 members (excludes halogenated alkanes) is 6. The van der Waals surface area contributed by atoms with Crippen molar-refractivity contribution in [3.05, 3.63) is 168 Å². The van der Waals surface area contributed by atoms with Crippen LogP contribution in [0.15, 0.2) is 145 Å². The molecule has 12 nitrogen and oxygen atoms in total. The Morgan fingerprint density at radius 1 is 0.545 bits per heavy atom. The van der Waals surface area contributed by atoms with Gasteiger partial charge in [0.05, 0.1) is 49.5 Å². The first-order valence-electron chi connectivity index (χ1n) is 22.1. The molecule has 340 valence electrons. The van der Waals surface area contributed by atoms with E-state index in [1.54, 1.807) is 66.7 Å². The number of benzene rings is 5. The normalized spacial score (nSPS) is 11.6. The largest absolute Gasteiger partial charge is 0.494 e. The Hall–Kier alpha value is -7.60. The first kappa shape index (κ1) is 47.9. The highest BCUT2D eigenvalue weighted by atomic mass is 16.5. The Morgan fingerprint density at radius 3 is 1.65 bits per heavy atom. The van der Waals surface area contributed by atoms with E-state index in [1.807, 2.05) is 13.0 Å². The number of nitrogens with zero attached hydrogens (tertiary/aromatic N) is 2. The lowest BCUT2D eigenvalue weighted by Crippen LogP contribution is -2.11. The maximum atomic E-state index is 13.4. The molecule has 6 rings (SSSR count). The molecule has 0 unspecified atom stereocenters. The van der Waals surface area contributed by atoms with Crippen molar-refractivity contribution in [3.8, 4) is 34.1 Å². The van der Waals surface area contributed by atoms with E-state index in [0.29, 0.717) is 60.3 Å². The maximum absolute atomic E-state index is 13.4. The third kappa shape index (κ3) is 14.5. The van der Waals surface area contributed by atoms with E-state index in [1.165, 1.54) is 28.5 Å². The van der Waals surface area contributed by atoms with Gasteiger partial charge in [-0.25, -0.2) is 19.2 Å². The van der Waals surface area contributed by atoms with Gasteiger partial charge in [0.2, 0.25) is 0 Å². The lowest BCUT2D eigenvalue weighted by Gasteiger charge is -2.11. The Kier molecular flexibility index (Phi) is 18.2. The molecule has 0 heterocycles. The molecule has 1 aliphatic carbocycles. The molecule has 0 amide bonds. The zero-order valence-electron chi connectivity index (χ0n) is 37.2. The third-order valence-electron chi connectivity index (χ3n) is 10.6. The van der Waals surface area contributed by atoms with E-state index in [2.05, 4.69) is 59.8 Å².